The van der Waals surface area contributed by atoms with Gasteiger partial charge in [-0.2, -0.15) is 0 Å². The zero-order valence-corrected chi connectivity index (χ0v) is 6.63. The van der Waals surface area contributed by atoms with E-state index < -0.39 is 5.60 Å². The highest BCUT2D eigenvalue weighted by Gasteiger charge is 2.60. The third kappa shape index (κ3) is 0.872. The molecular weight excluding hydrogens is 144 g/mol. The third-order valence-electron chi connectivity index (χ3n) is 2.75. The van der Waals surface area contributed by atoms with Crippen LogP contribution in [0.2, 0.25) is 0 Å². The van der Waals surface area contributed by atoms with Gasteiger partial charge in [0, 0.05) is 5.92 Å². The lowest BCUT2D eigenvalue weighted by molar-refractivity contribution is -0.150. The first-order valence-corrected chi connectivity index (χ1v) is 4.02. The zero-order chi connectivity index (χ0) is 7.90. The van der Waals surface area contributed by atoms with E-state index >= 15 is 0 Å². The molecule has 0 radical (unpaired) electrons. The quantitative estimate of drug-likeness (QED) is 0.437. The maximum Gasteiger partial charge on any atom is 0.340 e. The zero-order valence-electron chi connectivity index (χ0n) is 6.63. The molecule has 1 saturated carbocycles. The molecule has 1 atom stereocenters. The number of rotatable bonds is 2. The van der Waals surface area contributed by atoms with E-state index in [-0.39, 0.29) is 5.97 Å². The highest BCUT2D eigenvalue weighted by Crippen LogP contribution is 2.46. The van der Waals surface area contributed by atoms with Crippen molar-refractivity contribution in [1.29, 1.82) is 0 Å². The van der Waals surface area contributed by atoms with Crippen molar-refractivity contribution < 1.29 is 14.3 Å². The summed E-state index contributed by atoms with van der Waals surface area (Å²) in [7, 11) is 1.42. The summed E-state index contributed by atoms with van der Waals surface area (Å²) in [4.78, 5) is 11.2. The third-order valence-corrected chi connectivity index (χ3v) is 2.75. The molecule has 1 aliphatic heterocycles. The molecule has 0 bridgehead atoms. The number of epoxide rings is 1. The lowest BCUT2D eigenvalue weighted by Crippen LogP contribution is -2.38. The number of methoxy groups -OCH3 is 1. The number of hydrogen-bond acceptors (Lipinski definition) is 3. The van der Waals surface area contributed by atoms with Crippen molar-refractivity contribution in [2.45, 2.75) is 24.9 Å². The van der Waals surface area contributed by atoms with Gasteiger partial charge in [0.25, 0.3) is 0 Å². The van der Waals surface area contributed by atoms with Gasteiger partial charge in [0.15, 0.2) is 5.60 Å². The van der Waals surface area contributed by atoms with E-state index in [0.29, 0.717) is 12.5 Å². The molecule has 0 amide bonds. The van der Waals surface area contributed by atoms with Crippen LogP contribution in [0.3, 0.4) is 0 Å². The van der Waals surface area contributed by atoms with Crippen LogP contribution in [0.25, 0.3) is 0 Å². The summed E-state index contributed by atoms with van der Waals surface area (Å²) in [6, 6.07) is 0. The SMILES string of the molecule is COC(=O)C1(C2CCC2)CO1. The predicted octanol–water partition coefficient (Wildman–Crippen LogP) is 0.728. The Bertz CT molecular complexity index is 180. The lowest BCUT2D eigenvalue weighted by atomic mass is 9.76. The Morgan fingerprint density at radius 3 is 2.55 bits per heavy atom. The first kappa shape index (κ1) is 7.10. The molecule has 1 unspecified atom stereocenters. The maximum absolute atomic E-state index is 11.2. The summed E-state index contributed by atoms with van der Waals surface area (Å²) < 4.78 is 9.85. The Hall–Kier alpha value is -0.570. The summed E-state index contributed by atoms with van der Waals surface area (Å²) in [5.41, 5.74) is -0.507. The van der Waals surface area contributed by atoms with Crippen molar-refractivity contribution in [3.05, 3.63) is 0 Å². The van der Waals surface area contributed by atoms with Crippen LogP contribution in [-0.4, -0.2) is 25.3 Å². The second-order valence-corrected chi connectivity index (χ2v) is 3.30. The van der Waals surface area contributed by atoms with E-state index in [1.165, 1.54) is 13.5 Å². The molecule has 2 fully saturated rings. The Balaban J connectivity index is 2.03. The molecule has 0 spiro atoms. The number of hydrogen-bond donors (Lipinski definition) is 0. The number of carbonyl (C=O) groups is 1. The van der Waals surface area contributed by atoms with Crippen LogP contribution >= 0.6 is 0 Å². The van der Waals surface area contributed by atoms with Crippen molar-refractivity contribution in [3.63, 3.8) is 0 Å². The van der Waals surface area contributed by atoms with E-state index in [9.17, 15) is 4.79 Å². The number of ether oxygens (including phenoxy) is 2. The Labute approximate surface area is 65.7 Å². The van der Waals surface area contributed by atoms with E-state index in [0.717, 1.165) is 12.8 Å². The molecule has 0 N–H and O–H groups in total. The van der Waals surface area contributed by atoms with Gasteiger partial charge in [-0.05, 0) is 12.8 Å². The van der Waals surface area contributed by atoms with Crippen LogP contribution in [0.5, 0.6) is 0 Å². The normalized spacial score (nSPS) is 36.1. The molecule has 0 aromatic heterocycles. The van der Waals surface area contributed by atoms with Gasteiger partial charge in [-0.1, -0.05) is 6.42 Å². The second kappa shape index (κ2) is 2.21. The molecule has 0 aromatic rings. The smallest absolute Gasteiger partial charge is 0.340 e. The number of carbonyl (C=O) groups excluding carboxylic acids is 1. The van der Waals surface area contributed by atoms with Gasteiger partial charge in [0.1, 0.15) is 0 Å². The molecule has 1 heterocycles. The lowest BCUT2D eigenvalue weighted by Gasteiger charge is -2.29. The molecular formula is C8H12O3. The van der Waals surface area contributed by atoms with Crippen LogP contribution in [-0.2, 0) is 14.3 Å². The summed E-state index contributed by atoms with van der Waals surface area (Å²) in [5.74, 6) is 0.261. The van der Waals surface area contributed by atoms with Crippen molar-refractivity contribution >= 4 is 5.97 Å². The molecule has 1 saturated heterocycles. The minimum Gasteiger partial charge on any atom is -0.467 e. The fourth-order valence-electron chi connectivity index (χ4n) is 1.65. The molecule has 2 rings (SSSR count). The van der Waals surface area contributed by atoms with Crippen LogP contribution in [0.4, 0.5) is 0 Å². The van der Waals surface area contributed by atoms with Gasteiger partial charge in [-0.25, -0.2) is 4.79 Å². The Morgan fingerprint density at radius 1 is 1.64 bits per heavy atom. The Kier molecular flexibility index (Phi) is 1.42. The maximum atomic E-state index is 11.2. The molecule has 11 heavy (non-hydrogen) atoms. The van der Waals surface area contributed by atoms with Gasteiger partial charge in [0.2, 0.25) is 0 Å². The molecule has 1 aliphatic carbocycles. The van der Waals surface area contributed by atoms with Crippen LogP contribution in [0.15, 0.2) is 0 Å². The first-order valence-electron chi connectivity index (χ1n) is 4.02. The fraction of sp³-hybridized carbons (Fsp3) is 0.875. The van der Waals surface area contributed by atoms with Gasteiger partial charge in [-0.15, -0.1) is 0 Å². The van der Waals surface area contributed by atoms with Crippen LogP contribution in [0, 0.1) is 5.92 Å². The molecule has 2 aliphatic rings. The predicted molar refractivity (Wildman–Crippen MR) is 38.0 cm³/mol. The minimum absolute atomic E-state index is 0.179. The van der Waals surface area contributed by atoms with E-state index in [1.807, 2.05) is 0 Å². The summed E-state index contributed by atoms with van der Waals surface area (Å²) in [6.07, 6.45) is 3.47. The van der Waals surface area contributed by atoms with Gasteiger partial charge < -0.3 is 9.47 Å². The second-order valence-electron chi connectivity index (χ2n) is 3.30. The molecule has 3 nitrogen and oxygen atoms in total. The van der Waals surface area contributed by atoms with Crippen LogP contribution < -0.4 is 0 Å². The first-order chi connectivity index (χ1) is 5.29. The van der Waals surface area contributed by atoms with Crippen molar-refractivity contribution in [2.75, 3.05) is 13.7 Å². The average Bonchev–Trinajstić information content (AvgIpc) is 2.64. The molecule has 62 valence electrons. The Morgan fingerprint density at radius 2 is 2.27 bits per heavy atom. The standard InChI is InChI=1S/C8H12O3/c1-10-7(9)8(5-11-8)6-3-2-4-6/h6H,2-5H2,1H3. The van der Waals surface area contributed by atoms with Gasteiger partial charge in [-0.3, -0.25) is 0 Å². The minimum atomic E-state index is -0.507. The van der Waals surface area contributed by atoms with Crippen LogP contribution in [0.1, 0.15) is 19.3 Å². The van der Waals surface area contributed by atoms with Gasteiger partial charge >= 0.3 is 5.97 Å². The van der Waals surface area contributed by atoms with E-state index in [1.54, 1.807) is 0 Å². The highest BCUT2D eigenvalue weighted by molar-refractivity contribution is 5.82. The largest absolute Gasteiger partial charge is 0.467 e. The highest BCUT2D eigenvalue weighted by atomic mass is 16.6. The van der Waals surface area contributed by atoms with Crippen molar-refractivity contribution in [3.8, 4) is 0 Å². The fourth-order valence-corrected chi connectivity index (χ4v) is 1.65. The monoisotopic (exact) mass is 156 g/mol. The van der Waals surface area contributed by atoms with Gasteiger partial charge in [0.05, 0.1) is 13.7 Å². The van der Waals surface area contributed by atoms with Crippen molar-refractivity contribution in [2.24, 2.45) is 5.92 Å². The summed E-state index contributed by atoms with van der Waals surface area (Å²) in [5, 5.41) is 0. The topological polar surface area (TPSA) is 38.8 Å². The molecule has 0 aromatic carbocycles. The van der Waals surface area contributed by atoms with E-state index in [2.05, 4.69) is 4.74 Å². The van der Waals surface area contributed by atoms with E-state index in [4.69, 9.17) is 4.74 Å². The molecule has 3 heteroatoms. The average molecular weight is 156 g/mol. The summed E-state index contributed by atoms with van der Waals surface area (Å²) in [6.45, 7) is 0.574. The van der Waals surface area contributed by atoms with Crippen molar-refractivity contribution in [1.82, 2.24) is 0 Å². The summed E-state index contributed by atoms with van der Waals surface area (Å²) >= 11 is 0. The number of esters is 1.